The Balaban J connectivity index is 1.14. The quantitative estimate of drug-likeness (QED) is 0.182. The molecule has 0 aliphatic carbocycles. The minimum absolute atomic E-state index is 0.637. The summed E-state index contributed by atoms with van der Waals surface area (Å²) >= 11 is 0. The summed E-state index contributed by atoms with van der Waals surface area (Å²) in [7, 11) is 0. The predicted molar refractivity (Wildman–Crippen MR) is 207 cm³/mol. The molecule has 1 aromatic heterocycles. The highest BCUT2D eigenvalue weighted by Crippen LogP contribution is 2.33. The third kappa shape index (κ3) is 5.82. The molecule has 0 atom stereocenters. The van der Waals surface area contributed by atoms with Crippen LogP contribution in [0.4, 0.5) is 0 Å². The van der Waals surface area contributed by atoms with Gasteiger partial charge in [-0.05, 0) is 85.3 Å². The Labute approximate surface area is 291 Å². The van der Waals surface area contributed by atoms with E-state index in [2.05, 4.69) is 182 Å². The number of hydrogen-bond acceptors (Lipinski definition) is 3. The van der Waals surface area contributed by atoms with Crippen molar-refractivity contribution >= 4 is 21.5 Å². The number of aromatic nitrogens is 3. The van der Waals surface area contributed by atoms with Crippen LogP contribution in [0.2, 0.25) is 0 Å². The molecule has 0 aliphatic rings. The second-order valence-corrected chi connectivity index (χ2v) is 12.5. The maximum atomic E-state index is 5.10. The van der Waals surface area contributed by atoms with Crippen LogP contribution in [0, 0.1) is 0 Å². The Morgan fingerprint density at radius 1 is 0.200 bits per heavy atom. The van der Waals surface area contributed by atoms with Crippen molar-refractivity contribution in [2.24, 2.45) is 0 Å². The van der Waals surface area contributed by atoms with Crippen molar-refractivity contribution < 1.29 is 0 Å². The number of rotatable bonds is 6. The zero-order chi connectivity index (χ0) is 33.3. The van der Waals surface area contributed by atoms with Gasteiger partial charge in [0, 0.05) is 16.7 Å². The van der Waals surface area contributed by atoms with Crippen molar-refractivity contribution in [3.05, 3.63) is 188 Å². The number of nitrogens with zero attached hydrogens (tertiary/aromatic N) is 3. The zero-order valence-electron chi connectivity index (χ0n) is 27.2. The first kappa shape index (κ1) is 29.4. The molecule has 8 aromatic carbocycles. The third-order valence-corrected chi connectivity index (χ3v) is 9.27. The minimum Gasteiger partial charge on any atom is -0.208 e. The van der Waals surface area contributed by atoms with Gasteiger partial charge in [-0.15, -0.1) is 0 Å². The van der Waals surface area contributed by atoms with Gasteiger partial charge in [0.25, 0.3) is 0 Å². The van der Waals surface area contributed by atoms with E-state index in [9.17, 15) is 0 Å². The van der Waals surface area contributed by atoms with Gasteiger partial charge in [-0.25, -0.2) is 15.0 Å². The lowest BCUT2D eigenvalue weighted by Crippen LogP contribution is -2.00. The van der Waals surface area contributed by atoms with E-state index in [0.29, 0.717) is 17.5 Å². The Kier molecular flexibility index (Phi) is 7.49. The van der Waals surface area contributed by atoms with E-state index in [1.54, 1.807) is 0 Å². The standard InChI is InChI=1S/C47H31N3/c1-3-11-32(12-4-1)36-17-9-19-42(29-36)45-48-46(50-47(49-45)44-26-21-34-15-7-8-16-35(34)30-44)43-20-10-18-37(31-43)39-24-25-40-27-38(22-23-41(40)28-39)33-13-5-2-6-14-33/h1-31H. The summed E-state index contributed by atoms with van der Waals surface area (Å²) < 4.78 is 0. The van der Waals surface area contributed by atoms with Gasteiger partial charge in [-0.1, -0.05) is 158 Å². The smallest absolute Gasteiger partial charge is 0.164 e. The van der Waals surface area contributed by atoms with Crippen LogP contribution in [-0.2, 0) is 0 Å². The lowest BCUT2D eigenvalue weighted by molar-refractivity contribution is 1.07. The van der Waals surface area contributed by atoms with Crippen molar-refractivity contribution in [3.8, 4) is 67.5 Å². The molecule has 50 heavy (non-hydrogen) atoms. The van der Waals surface area contributed by atoms with E-state index in [4.69, 9.17) is 15.0 Å². The van der Waals surface area contributed by atoms with Gasteiger partial charge in [-0.2, -0.15) is 0 Å². The summed E-state index contributed by atoms with van der Waals surface area (Å²) in [5.41, 5.74) is 9.79. The molecule has 0 unspecified atom stereocenters. The highest BCUT2D eigenvalue weighted by molar-refractivity contribution is 5.91. The monoisotopic (exact) mass is 637 g/mol. The summed E-state index contributed by atoms with van der Waals surface area (Å²) in [6.45, 7) is 0. The van der Waals surface area contributed by atoms with E-state index in [0.717, 1.165) is 44.3 Å². The van der Waals surface area contributed by atoms with Crippen molar-refractivity contribution in [1.82, 2.24) is 15.0 Å². The molecule has 0 saturated heterocycles. The summed E-state index contributed by atoms with van der Waals surface area (Å²) in [6.07, 6.45) is 0. The maximum Gasteiger partial charge on any atom is 0.164 e. The second-order valence-electron chi connectivity index (χ2n) is 12.5. The maximum absolute atomic E-state index is 5.10. The van der Waals surface area contributed by atoms with Crippen molar-refractivity contribution in [2.75, 3.05) is 0 Å². The highest BCUT2D eigenvalue weighted by atomic mass is 15.0. The molecule has 0 amide bonds. The van der Waals surface area contributed by atoms with Gasteiger partial charge in [0.1, 0.15) is 0 Å². The summed E-state index contributed by atoms with van der Waals surface area (Å²) in [5, 5.41) is 4.74. The largest absolute Gasteiger partial charge is 0.208 e. The first-order valence-electron chi connectivity index (χ1n) is 16.8. The molecule has 234 valence electrons. The SMILES string of the molecule is c1ccc(-c2cccc(-c3nc(-c4cccc(-c5ccc6cc(-c7ccccc7)ccc6c5)c4)nc(-c4ccc5ccccc5c4)n3)c2)cc1. The molecule has 0 spiro atoms. The number of fused-ring (bicyclic) bond motifs is 2. The van der Waals surface area contributed by atoms with E-state index >= 15 is 0 Å². The highest BCUT2D eigenvalue weighted by Gasteiger charge is 2.14. The molecule has 0 saturated carbocycles. The Morgan fingerprint density at radius 2 is 0.520 bits per heavy atom. The Morgan fingerprint density at radius 3 is 1.08 bits per heavy atom. The van der Waals surface area contributed by atoms with Crippen LogP contribution in [0.1, 0.15) is 0 Å². The van der Waals surface area contributed by atoms with Crippen LogP contribution < -0.4 is 0 Å². The van der Waals surface area contributed by atoms with Crippen LogP contribution >= 0.6 is 0 Å². The molecule has 0 bridgehead atoms. The molecular formula is C47H31N3. The molecule has 1 heterocycles. The molecule has 3 heteroatoms. The van der Waals surface area contributed by atoms with Gasteiger partial charge in [0.05, 0.1) is 0 Å². The van der Waals surface area contributed by atoms with Crippen LogP contribution in [0.25, 0.3) is 89.1 Å². The molecule has 0 aliphatic heterocycles. The summed E-state index contributed by atoms with van der Waals surface area (Å²) in [6, 6.07) is 66.0. The first-order chi connectivity index (χ1) is 24.7. The molecule has 9 aromatic rings. The van der Waals surface area contributed by atoms with Crippen LogP contribution in [-0.4, -0.2) is 15.0 Å². The predicted octanol–water partition coefficient (Wildman–Crippen LogP) is 12.2. The van der Waals surface area contributed by atoms with Crippen LogP contribution in [0.15, 0.2) is 188 Å². The normalized spacial score (nSPS) is 11.2. The molecule has 3 nitrogen and oxygen atoms in total. The van der Waals surface area contributed by atoms with E-state index in [-0.39, 0.29) is 0 Å². The average Bonchev–Trinajstić information content (AvgIpc) is 3.21. The van der Waals surface area contributed by atoms with E-state index < -0.39 is 0 Å². The fourth-order valence-electron chi connectivity index (χ4n) is 6.63. The van der Waals surface area contributed by atoms with Crippen molar-refractivity contribution in [3.63, 3.8) is 0 Å². The topological polar surface area (TPSA) is 38.7 Å². The lowest BCUT2D eigenvalue weighted by atomic mass is 9.97. The lowest BCUT2D eigenvalue weighted by Gasteiger charge is -2.11. The summed E-state index contributed by atoms with van der Waals surface area (Å²) in [4.78, 5) is 15.2. The Hall–Kier alpha value is -6.71. The van der Waals surface area contributed by atoms with E-state index in [1.807, 2.05) is 6.07 Å². The molecule has 0 fully saturated rings. The fourth-order valence-corrected chi connectivity index (χ4v) is 6.63. The van der Waals surface area contributed by atoms with Crippen molar-refractivity contribution in [2.45, 2.75) is 0 Å². The molecular weight excluding hydrogens is 607 g/mol. The number of hydrogen-bond donors (Lipinski definition) is 0. The van der Waals surface area contributed by atoms with Gasteiger partial charge in [0.2, 0.25) is 0 Å². The first-order valence-corrected chi connectivity index (χ1v) is 16.8. The second kappa shape index (κ2) is 12.7. The fraction of sp³-hybridized carbons (Fsp3) is 0. The van der Waals surface area contributed by atoms with Gasteiger partial charge < -0.3 is 0 Å². The zero-order valence-corrected chi connectivity index (χ0v) is 27.2. The molecule has 0 radical (unpaired) electrons. The molecule has 9 rings (SSSR count). The van der Waals surface area contributed by atoms with Gasteiger partial charge >= 0.3 is 0 Å². The third-order valence-electron chi connectivity index (χ3n) is 9.27. The summed E-state index contributed by atoms with van der Waals surface area (Å²) in [5.74, 6) is 1.92. The Bertz CT molecular complexity index is 2650. The molecule has 0 N–H and O–H groups in total. The minimum atomic E-state index is 0.637. The van der Waals surface area contributed by atoms with Crippen molar-refractivity contribution in [1.29, 1.82) is 0 Å². The van der Waals surface area contributed by atoms with Crippen LogP contribution in [0.3, 0.4) is 0 Å². The average molecular weight is 638 g/mol. The van der Waals surface area contributed by atoms with Gasteiger partial charge in [-0.3, -0.25) is 0 Å². The van der Waals surface area contributed by atoms with E-state index in [1.165, 1.54) is 27.3 Å². The van der Waals surface area contributed by atoms with Crippen LogP contribution in [0.5, 0.6) is 0 Å². The van der Waals surface area contributed by atoms with Gasteiger partial charge in [0.15, 0.2) is 17.5 Å². The number of benzene rings is 8.